The Morgan fingerprint density at radius 1 is 1.14 bits per heavy atom. The number of anilines is 1. The van der Waals surface area contributed by atoms with Crippen molar-refractivity contribution in [2.24, 2.45) is 0 Å². The molecule has 0 unspecified atom stereocenters. The van der Waals surface area contributed by atoms with Gasteiger partial charge in [-0.3, -0.25) is 4.79 Å². The van der Waals surface area contributed by atoms with E-state index in [9.17, 15) is 14.7 Å². The second-order valence-corrected chi connectivity index (χ2v) is 5.15. The van der Waals surface area contributed by atoms with Gasteiger partial charge in [0.25, 0.3) is 5.91 Å². The summed E-state index contributed by atoms with van der Waals surface area (Å²) in [6.07, 6.45) is 0. The number of amides is 1. The summed E-state index contributed by atoms with van der Waals surface area (Å²) in [6, 6.07) is 9.99. The van der Waals surface area contributed by atoms with E-state index >= 15 is 0 Å². The van der Waals surface area contributed by atoms with Crippen molar-refractivity contribution in [3.63, 3.8) is 0 Å². The molecule has 0 saturated heterocycles. The monoisotopic (exact) mass is 303 g/mol. The van der Waals surface area contributed by atoms with E-state index in [1.165, 1.54) is 0 Å². The van der Waals surface area contributed by atoms with Crippen molar-refractivity contribution in [1.82, 2.24) is 0 Å². The zero-order valence-electron chi connectivity index (χ0n) is 11.6. The normalized spacial score (nSPS) is 10.2. The zero-order valence-corrected chi connectivity index (χ0v) is 12.4. The van der Waals surface area contributed by atoms with Gasteiger partial charge in [-0.15, -0.1) is 0 Å². The van der Waals surface area contributed by atoms with Crippen molar-refractivity contribution >= 4 is 29.2 Å². The third-order valence-corrected chi connectivity index (χ3v) is 3.42. The van der Waals surface area contributed by atoms with Crippen LogP contribution in [0.3, 0.4) is 0 Å². The highest BCUT2D eigenvalue weighted by atomic mass is 35.5. The molecular weight excluding hydrogens is 290 g/mol. The largest absolute Gasteiger partial charge is 0.478 e. The van der Waals surface area contributed by atoms with Crippen molar-refractivity contribution in [2.45, 2.75) is 13.8 Å². The second kappa shape index (κ2) is 5.97. The summed E-state index contributed by atoms with van der Waals surface area (Å²) in [5.74, 6) is -1.52. The van der Waals surface area contributed by atoms with Crippen molar-refractivity contribution in [2.75, 3.05) is 5.32 Å². The van der Waals surface area contributed by atoms with Gasteiger partial charge in [-0.05, 0) is 43.2 Å². The fraction of sp³-hybridized carbons (Fsp3) is 0.125. The van der Waals surface area contributed by atoms with Crippen molar-refractivity contribution in [3.05, 3.63) is 63.7 Å². The number of carboxylic acids is 1. The molecule has 0 spiro atoms. The lowest BCUT2D eigenvalue weighted by atomic mass is 10.1. The average molecular weight is 304 g/mol. The molecule has 0 radical (unpaired) electrons. The van der Waals surface area contributed by atoms with Crippen molar-refractivity contribution in [3.8, 4) is 0 Å². The minimum absolute atomic E-state index is 0.0779. The first kappa shape index (κ1) is 15.1. The molecule has 0 aliphatic carbocycles. The maximum absolute atomic E-state index is 12.2. The van der Waals surface area contributed by atoms with E-state index in [0.717, 1.165) is 5.56 Å². The highest BCUT2D eigenvalue weighted by Gasteiger charge is 2.17. The van der Waals surface area contributed by atoms with Crippen LogP contribution >= 0.6 is 11.6 Å². The van der Waals surface area contributed by atoms with Crippen LogP contribution in [0.5, 0.6) is 0 Å². The number of halogens is 1. The molecule has 21 heavy (non-hydrogen) atoms. The van der Waals surface area contributed by atoms with E-state index in [0.29, 0.717) is 16.1 Å². The molecule has 0 bridgehead atoms. The lowest BCUT2D eigenvalue weighted by Gasteiger charge is -2.11. The first-order valence-corrected chi connectivity index (χ1v) is 6.68. The second-order valence-electron chi connectivity index (χ2n) is 4.74. The maximum Gasteiger partial charge on any atom is 0.338 e. The van der Waals surface area contributed by atoms with Gasteiger partial charge < -0.3 is 10.4 Å². The van der Waals surface area contributed by atoms with Crippen LogP contribution in [0.1, 0.15) is 31.8 Å². The van der Waals surface area contributed by atoms with Gasteiger partial charge >= 0.3 is 5.97 Å². The molecule has 2 N–H and O–H groups in total. The Morgan fingerprint density at radius 2 is 1.86 bits per heavy atom. The number of benzene rings is 2. The van der Waals surface area contributed by atoms with Crippen LogP contribution in [-0.4, -0.2) is 17.0 Å². The molecule has 0 atom stereocenters. The molecule has 0 aliphatic heterocycles. The quantitative estimate of drug-likeness (QED) is 0.903. The summed E-state index contributed by atoms with van der Waals surface area (Å²) in [5, 5.41) is 12.2. The van der Waals surface area contributed by atoms with E-state index in [1.54, 1.807) is 43.3 Å². The van der Waals surface area contributed by atoms with Gasteiger partial charge in [-0.25, -0.2) is 4.79 Å². The Balaban J connectivity index is 2.36. The van der Waals surface area contributed by atoms with Crippen molar-refractivity contribution < 1.29 is 14.7 Å². The standard InChI is InChI=1S/C16H14ClNO3/c1-9-6-7-11(12(17)8-9)15(19)18-13-5-3-4-10(2)14(13)16(20)21/h3-8H,1-2H3,(H,18,19)(H,20,21). The summed E-state index contributed by atoms with van der Waals surface area (Å²) < 4.78 is 0. The molecule has 0 saturated carbocycles. The Bertz CT molecular complexity index is 725. The van der Waals surface area contributed by atoms with Crippen molar-refractivity contribution in [1.29, 1.82) is 0 Å². The van der Waals surface area contributed by atoms with Crippen LogP contribution in [0.15, 0.2) is 36.4 Å². The average Bonchev–Trinajstić information content (AvgIpc) is 2.37. The minimum Gasteiger partial charge on any atom is -0.478 e. The fourth-order valence-corrected chi connectivity index (χ4v) is 2.37. The molecular formula is C16H14ClNO3. The SMILES string of the molecule is Cc1ccc(C(=O)Nc2cccc(C)c2C(=O)O)c(Cl)c1. The van der Waals surface area contributed by atoms with Gasteiger partial charge in [0.15, 0.2) is 0 Å². The third-order valence-electron chi connectivity index (χ3n) is 3.10. The third kappa shape index (κ3) is 3.23. The Labute approximate surface area is 127 Å². The highest BCUT2D eigenvalue weighted by molar-refractivity contribution is 6.34. The van der Waals surface area contributed by atoms with Crippen LogP contribution in [-0.2, 0) is 0 Å². The lowest BCUT2D eigenvalue weighted by Crippen LogP contribution is -2.16. The van der Waals surface area contributed by atoms with Crippen LogP contribution in [0, 0.1) is 13.8 Å². The Hall–Kier alpha value is -2.33. The summed E-state index contributed by atoms with van der Waals surface area (Å²) in [7, 11) is 0. The van der Waals surface area contributed by atoms with Crippen LogP contribution < -0.4 is 5.32 Å². The molecule has 2 rings (SSSR count). The summed E-state index contributed by atoms with van der Waals surface area (Å²) >= 11 is 6.05. The Kier molecular flexibility index (Phi) is 4.29. The molecule has 0 fully saturated rings. The number of carbonyl (C=O) groups excluding carboxylic acids is 1. The Morgan fingerprint density at radius 3 is 2.48 bits per heavy atom. The zero-order chi connectivity index (χ0) is 15.6. The summed E-state index contributed by atoms with van der Waals surface area (Å²) in [4.78, 5) is 23.5. The number of carboxylic acid groups (broad SMARTS) is 1. The van der Waals surface area contributed by atoms with Gasteiger partial charge in [0, 0.05) is 0 Å². The molecule has 1 amide bonds. The molecule has 108 valence electrons. The lowest BCUT2D eigenvalue weighted by molar-refractivity contribution is 0.0697. The smallest absolute Gasteiger partial charge is 0.338 e. The van der Waals surface area contributed by atoms with Gasteiger partial charge in [-0.1, -0.05) is 29.8 Å². The molecule has 4 nitrogen and oxygen atoms in total. The van der Waals surface area contributed by atoms with E-state index in [4.69, 9.17) is 11.6 Å². The molecule has 0 aromatic heterocycles. The van der Waals surface area contributed by atoms with Crippen LogP contribution in [0.25, 0.3) is 0 Å². The van der Waals surface area contributed by atoms with Crippen LogP contribution in [0.2, 0.25) is 5.02 Å². The maximum atomic E-state index is 12.2. The van der Waals surface area contributed by atoms with E-state index < -0.39 is 11.9 Å². The topological polar surface area (TPSA) is 66.4 Å². The number of hydrogen-bond donors (Lipinski definition) is 2. The van der Waals surface area contributed by atoms with Gasteiger partial charge in [-0.2, -0.15) is 0 Å². The number of rotatable bonds is 3. The van der Waals surface area contributed by atoms with E-state index in [1.807, 2.05) is 6.92 Å². The molecule has 2 aromatic rings. The van der Waals surface area contributed by atoms with Gasteiger partial charge in [0.05, 0.1) is 21.8 Å². The van der Waals surface area contributed by atoms with Crippen LogP contribution in [0.4, 0.5) is 5.69 Å². The number of carbonyl (C=O) groups is 2. The first-order chi connectivity index (χ1) is 9.90. The predicted molar refractivity (Wildman–Crippen MR) is 82.3 cm³/mol. The van der Waals surface area contributed by atoms with Gasteiger partial charge in [0.1, 0.15) is 0 Å². The first-order valence-electron chi connectivity index (χ1n) is 6.30. The predicted octanol–water partition coefficient (Wildman–Crippen LogP) is 3.91. The van der Waals surface area contributed by atoms with Gasteiger partial charge in [0.2, 0.25) is 0 Å². The number of aryl methyl sites for hydroxylation is 2. The van der Waals surface area contributed by atoms with E-state index in [-0.39, 0.29) is 11.3 Å². The molecule has 0 heterocycles. The number of nitrogens with one attached hydrogen (secondary N) is 1. The highest BCUT2D eigenvalue weighted by Crippen LogP contribution is 2.23. The van der Waals surface area contributed by atoms with E-state index in [2.05, 4.69) is 5.32 Å². The fourth-order valence-electron chi connectivity index (χ4n) is 2.05. The number of hydrogen-bond acceptors (Lipinski definition) is 2. The molecule has 0 aliphatic rings. The number of aromatic carboxylic acids is 1. The minimum atomic E-state index is -1.08. The summed E-state index contributed by atoms with van der Waals surface area (Å²) in [6.45, 7) is 3.55. The summed E-state index contributed by atoms with van der Waals surface area (Å²) in [5.41, 5.74) is 2.16. The molecule has 5 heteroatoms. The molecule has 2 aromatic carbocycles.